The Kier molecular flexibility index (Phi) is 6.19. The van der Waals surface area contributed by atoms with Gasteiger partial charge in [0.2, 0.25) is 0 Å². The third kappa shape index (κ3) is 4.47. The average molecular weight is 352 g/mol. The minimum atomic E-state index is -1.29. The number of thioether (sulfide) groups is 1. The monoisotopic (exact) mass is 352 g/mol. The molecule has 1 atom stereocenters. The number of nitrogens with zero attached hydrogens (tertiary/aromatic N) is 2. The van der Waals surface area contributed by atoms with Crippen LogP contribution in [0.5, 0.6) is 0 Å². The van der Waals surface area contributed by atoms with Gasteiger partial charge in [0.15, 0.2) is 0 Å². The summed E-state index contributed by atoms with van der Waals surface area (Å²) in [6.07, 6.45) is 2.96. The van der Waals surface area contributed by atoms with Crippen molar-refractivity contribution < 1.29 is 19.6 Å². The number of benzene rings is 1. The van der Waals surface area contributed by atoms with Crippen molar-refractivity contribution in [3.05, 3.63) is 39.4 Å². The van der Waals surface area contributed by atoms with Crippen LogP contribution in [0.3, 0.4) is 0 Å². The topological polar surface area (TPSA) is 101 Å². The molecular formula is C16H20N2O5S. The van der Waals surface area contributed by atoms with Crippen LogP contribution in [0.25, 0.3) is 0 Å². The molecule has 24 heavy (non-hydrogen) atoms. The van der Waals surface area contributed by atoms with Gasteiger partial charge in [-0.3, -0.25) is 14.9 Å². The minimum absolute atomic E-state index is 0.0590. The molecule has 0 aromatic heterocycles. The number of aromatic carboxylic acids is 1. The summed E-state index contributed by atoms with van der Waals surface area (Å²) in [6, 6.07) is 3.34. The predicted molar refractivity (Wildman–Crippen MR) is 91.7 cm³/mol. The molecule has 1 aromatic rings. The first-order chi connectivity index (χ1) is 11.4. The molecule has 0 aliphatic carbocycles. The second-order valence-electron chi connectivity index (χ2n) is 5.66. The van der Waals surface area contributed by atoms with Crippen LogP contribution in [0.1, 0.15) is 46.9 Å². The Morgan fingerprint density at radius 3 is 2.67 bits per heavy atom. The van der Waals surface area contributed by atoms with E-state index < -0.39 is 10.9 Å². The summed E-state index contributed by atoms with van der Waals surface area (Å²) in [5.41, 5.74) is -0.571. The first-order valence-electron chi connectivity index (χ1n) is 7.86. The molecule has 1 unspecified atom stereocenters. The van der Waals surface area contributed by atoms with Gasteiger partial charge in [-0.2, -0.15) is 11.8 Å². The van der Waals surface area contributed by atoms with E-state index in [0.717, 1.165) is 37.1 Å². The molecule has 1 fully saturated rings. The lowest BCUT2D eigenvalue weighted by Gasteiger charge is -2.24. The Balaban J connectivity index is 2.30. The number of amides is 1. The SMILES string of the molecule is CCSC1CCCCN(C(=O)c2cc(C(=O)O)cc([N+](=O)[O-])c2)C1. The van der Waals surface area contributed by atoms with Crippen LogP contribution in [0.4, 0.5) is 5.69 Å². The van der Waals surface area contributed by atoms with Gasteiger partial charge in [-0.05, 0) is 24.7 Å². The predicted octanol–water partition coefficient (Wildman–Crippen LogP) is 3.04. The lowest BCUT2D eigenvalue weighted by atomic mass is 10.1. The Labute approximate surface area is 144 Å². The van der Waals surface area contributed by atoms with E-state index >= 15 is 0 Å². The first kappa shape index (κ1) is 18.3. The Bertz CT molecular complexity index is 617. The molecule has 8 heteroatoms. The lowest BCUT2D eigenvalue weighted by Crippen LogP contribution is -2.35. The second-order valence-corrected chi connectivity index (χ2v) is 7.23. The number of hydrogen-bond acceptors (Lipinski definition) is 5. The van der Waals surface area contributed by atoms with Crippen molar-refractivity contribution >= 4 is 29.3 Å². The van der Waals surface area contributed by atoms with Crippen molar-refractivity contribution in [1.29, 1.82) is 0 Å². The molecule has 0 saturated carbocycles. The van der Waals surface area contributed by atoms with Crippen molar-refractivity contribution in [2.45, 2.75) is 31.4 Å². The number of carboxylic acids is 1. The fourth-order valence-electron chi connectivity index (χ4n) is 2.81. The van der Waals surface area contributed by atoms with E-state index in [9.17, 15) is 19.7 Å². The maximum atomic E-state index is 12.8. The molecule has 0 bridgehead atoms. The maximum absolute atomic E-state index is 12.8. The summed E-state index contributed by atoms with van der Waals surface area (Å²) in [5.74, 6) is -0.667. The highest BCUT2D eigenvalue weighted by molar-refractivity contribution is 7.99. The maximum Gasteiger partial charge on any atom is 0.335 e. The quantitative estimate of drug-likeness (QED) is 0.646. The minimum Gasteiger partial charge on any atom is -0.478 e. The molecule has 0 spiro atoms. The zero-order valence-electron chi connectivity index (χ0n) is 13.4. The first-order valence-corrected chi connectivity index (χ1v) is 8.91. The summed E-state index contributed by atoms with van der Waals surface area (Å²) in [4.78, 5) is 35.9. The number of nitro groups is 1. The van der Waals surface area contributed by atoms with Crippen molar-refractivity contribution in [3.63, 3.8) is 0 Å². The van der Waals surface area contributed by atoms with Crippen LogP contribution in [0.2, 0.25) is 0 Å². The van der Waals surface area contributed by atoms with Crippen molar-refractivity contribution in [2.24, 2.45) is 0 Å². The van der Waals surface area contributed by atoms with Crippen LogP contribution in [0.15, 0.2) is 18.2 Å². The van der Waals surface area contributed by atoms with Gasteiger partial charge >= 0.3 is 5.97 Å². The number of carbonyl (C=O) groups excluding carboxylic acids is 1. The van der Waals surface area contributed by atoms with Gasteiger partial charge in [0.25, 0.3) is 11.6 Å². The summed E-state index contributed by atoms with van der Waals surface area (Å²) >= 11 is 1.80. The smallest absolute Gasteiger partial charge is 0.335 e. The molecule has 1 aliphatic heterocycles. The molecule has 7 nitrogen and oxygen atoms in total. The molecule has 1 aliphatic rings. The third-order valence-corrected chi connectivity index (χ3v) is 5.13. The number of likely N-dealkylation sites (tertiary alicyclic amines) is 1. The van der Waals surface area contributed by atoms with E-state index in [1.54, 1.807) is 16.7 Å². The van der Waals surface area contributed by atoms with Crippen LogP contribution >= 0.6 is 11.8 Å². The van der Waals surface area contributed by atoms with E-state index in [1.807, 2.05) is 0 Å². The molecule has 2 rings (SSSR count). The normalized spacial score (nSPS) is 18.0. The molecule has 130 valence electrons. The third-order valence-electron chi connectivity index (χ3n) is 3.94. The average Bonchev–Trinajstić information content (AvgIpc) is 2.79. The molecule has 0 radical (unpaired) electrons. The van der Waals surface area contributed by atoms with Gasteiger partial charge in [-0.1, -0.05) is 13.3 Å². The number of non-ortho nitro benzene ring substituents is 1. The highest BCUT2D eigenvalue weighted by Gasteiger charge is 2.25. The largest absolute Gasteiger partial charge is 0.478 e. The van der Waals surface area contributed by atoms with Gasteiger partial charge < -0.3 is 10.0 Å². The van der Waals surface area contributed by atoms with Crippen molar-refractivity contribution in [1.82, 2.24) is 4.90 Å². The van der Waals surface area contributed by atoms with Gasteiger partial charge in [0.05, 0.1) is 10.5 Å². The molecular weight excluding hydrogens is 332 g/mol. The number of rotatable bonds is 5. The number of nitro benzene ring substituents is 1. The number of carbonyl (C=O) groups is 2. The van der Waals surface area contributed by atoms with Crippen LogP contribution in [0, 0.1) is 10.1 Å². The number of hydrogen-bond donors (Lipinski definition) is 1. The standard InChI is InChI=1S/C16H20N2O5S/c1-2-24-14-5-3-4-6-17(10-14)15(19)11-7-12(16(20)21)9-13(8-11)18(22)23/h7-9,14H,2-6,10H2,1H3,(H,20,21). The van der Waals surface area contributed by atoms with Crippen LogP contribution in [-0.4, -0.2) is 50.9 Å². The highest BCUT2D eigenvalue weighted by Crippen LogP contribution is 2.24. The molecule has 1 N–H and O–H groups in total. The molecule has 1 heterocycles. The molecule has 1 saturated heterocycles. The molecule has 1 aromatic carbocycles. The summed E-state index contributed by atoms with van der Waals surface area (Å²) in [5, 5.41) is 20.5. The summed E-state index contributed by atoms with van der Waals surface area (Å²) in [7, 11) is 0. The molecule has 1 amide bonds. The van der Waals surface area contributed by atoms with Gasteiger partial charge in [-0.15, -0.1) is 0 Å². The van der Waals surface area contributed by atoms with Gasteiger partial charge in [0, 0.05) is 36.0 Å². The Morgan fingerprint density at radius 1 is 1.33 bits per heavy atom. The highest BCUT2D eigenvalue weighted by atomic mass is 32.2. The van der Waals surface area contributed by atoms with Crippen molar-refractivity contribution in [3.8, 4) is 0 Å². The zero-order chi connectivity index (χ0) is 17.7. The Hall–Kier alpha value is -2.09. The second kappa shape index (κ2) is 8.14. The van der Waals surface area contributed by atoms with Crippen molar-refractivity contribution in [2.75, 3.05) is 18.8 Å². The van der Waals surface area contributed by atoms with E-state index in [1.165, 1.54) is 6.07 Å². The fourth-order valence-corrected chi connectivity index (χ4v) is 3.90. The summed E-state index contributed by atoms with van der Waals surface area (Å²) < 4.78 is 0. The van der Waals surface area contributed by atoms with E-state index in [0.29, 0.717) is 18.3 Å². The zero-order valence-corrected chi connectivity index (χ0v) is 14.3. The van der Waals surface area contributed by atoms with Gasteiger partial charge in [-0.25, -0.2) is 4.79 Å². The number of carboxylic acid groups (broad SMARTS) is 1. The van der Waals surface area contributed by atoms with E-state index in [2.05, 4.69) is 6.92 Å². The van der Waals surface area contributed by atoms with Gasteiger partial charge in [0.1, 0.15) is 0 Å². The van der Waals surface area contributed by atoms with E-state index in [-0.39, 0.29) is 22.7 Å². The summed E-state index contributed by atoms with van der Waals surface area (Å²) in [6.45, 7) is 3.24. The lowest BCUT2D eigenvalue weighted by molar-refractivity contribution is -0.384. The fraction of sp³-hybridized carbons (Fsp3) is 0.500. The van der Waals surface area contributed by atoms with Crippen LogP contribution < -0.4 is 0 Å². The van der Waals surface area contributed by atoms with E-state index in [4.69, 9.17) is 5.11 Å². The van der Waals surface area contributed by atoms with Crippen LogP contribution in [-0.2, 0) is 0 Å². The Morgan fingerprint density at radius 2 is 2.04 bits per heavy atom.